The Morgan fingerprint density at radius 2 is 2.00 bits per heavy atom. The molecule has 6 heteroatoms. The van der Waals surface area contributed by atoms with Crippen molar-refractivity contribution < 1.29 is 18.0 Å². The Labute approximate surface area is 96.4 Å². The highest BCUT2D eigenvalue weighted by Crippen LogP contribution is 2.26. The van der Waals surface area contributed by atoms with Crippen LogP contribution in [0.1, 0.15) is 10.4 Å². The zero-order valence-corrected chi connectivity index (χ0v) is 9.44. The van der Waals surface area contributed by atoms with Crippen molar-refractivity contribution in [1.82, 2.24) is 0 Å². The van der Waals surface area contributed by atoms with Crippen molar-refractivity contribution in [3.05, 3.63) is 33.1 Å². The first kappa shape index (κ1) is 11.8. The van der Waals surface area contributed by atoms with Gasteiger partial charge in [0.15, 0.2) is 0 Å². The van der Waals surface area contributed by atoms with Gasteiger partial charge >= 0.3 is 5.38 Å². The maximum atomic E-state index is 12.9. The number of Topliss-reactive ketones (excluding diaryl/α,β-unsaturated/α-hetero) is 1. The summed E-state index contributed by atoms with van der Waals surface area (Å²) in [5.41, 5.74) is -0.697. The van der Waals surface area contributed by atoms with Crippen LogP contribution < -0.4 is 0 Å². The Hall–Kier alpha value is -0.300. The number of halogens is 5. The Balaban J connectivity index is 3.19. The van der Waals surface area contributed by atoms with Crippen LogP contribution in [-0.2, 0) is 0 Å². The molecule has 14 heavy (non-hydrogen) atoms. The average Bonchev–Trinajstić information content (AvgIpc) is 2.06. The van der Waals surface area contributed by atoms with Crippen LogP contribution in [0.2, 0.25) is 0 Å². The Morgan fingerprint density at radius 3 is 2.50 bits per heavy atom. The normalized spacial score (nSPS) is 11.5. The van der Waals surface area contributed by atoms with Gasteiger partial charge in [-0.15, -0.1) is 0 Å². The molecule has 0 N–H and O–H groups in total. The van der Waals surface area contributed by atoms with Crippen LogP contribution in [-0.4, -0.2) is 11.2 Å². The molecule has 1 aromatic rings. The van der Waals surface area contributed by atoms with Crippen LogP contribution in [0.5, 0.6) is 0 Å². The first-order valence-electron chi connectivity index (χ1n) is 3.39. The molecule has 1 rings (SSSR count). The quantitative estimate of drug-likeness (QED) is 0.460. The van der Waals surface area contributed by atoms with Crippen LogP contribution in [0.3, 0.4) is 0 Å². The van der Waals surface area contributed by atoms with E-state index in [1.807, 2.05) is 0 Å². The van der Waals surface area contributed by atoms with Gasteiger partial charge in [-0.1, -0.05) is 0 Å². The van der Waals surface area contributed by atoms with E-state index in [1.54, 1.807) is 22.6 Å². The summed E-state index contributed by atoms with van der Waals surface area (Å²) in [6, 6.07) is 3.32. The fourth-order valence-corrected chi connectivity index (χ4v) is 1.42. The Kier molecular flexibility index (Phi) is 3.41. The molecule has 0 radical (unpaired) electrons. The molecule has 0 saturated heterocycles. The molecule has 1 nitrogen and oxygen atoms in total. The van der Waals surface area contributed by atoms with E-state index in [1.165, 1.54) is 6.07 Å². The molecule has 0 fully saturated rings. The summed E-state index contributed by atoms with van der Waals surface area (Å²) in [6.45, 7) is 0. The number of benzene rings is 1. The smallest absolute Gasteiger partial charge is 0.286 e. The number of carbonyl (C=O) groups excluding carboxylic acids is 1. The summed E-state index contributed by atoms with van der Waals surface area (Å²) in [5, 5.41) is -4.06. The van der Waals surface area contributed by atoms with E-state index in [-0.39, 0.29) is 0 Å². The molecule has 76 valence electrons. The van der Waals surface area contributed by atoms with Crippen molar-refractivity contribution in [3.63, 3.8) is 0 Å². The van der Waals surface area contributed by atoms with Crippen LogP contribution >= 0.6 is 34.2 Å². The predicted octanol–water partition coefficient (Wildman–Crippen LogP) is 3.44. The van der Waals surface area contributed by atoms with E-state index < -0.39 is 22.5 Å². The molecule has 0 heterocycles. The van der Waals surface area contributed by atoms with Gasteiger partial charge in [-0.3, -0.25) is 4.79 Å². The topological polar surface area (TPSA) is 17.1 Å². The summed E-state index contributed by atoms with van der Waals surface area (Å²) in [4.78, 5) is 10.9. The minimum atomic E-state index is -4.06. The molecule has 0 aliphatic rings. The van der Waals surface area contributed by atoms with Gasteiger partial charge in [0.25, 0.3) is 5.78 Å². The standard InChI is InChI=1S/C8H3ClF3IO/c9-8(11,12)7(14)5-3-4(13)1-2-6(5)10/h1-3H. The third-order valence-electron chi connectivity index (χ3n) is 1.43. The van der Waals surface area contributed by atoms with Crippen LogP contribution in [0.25, 0.3) is 0 Å². The van der Waals surface area contributed by atoms with Crippen LogP contribution in [0, 0.1) is 9.39 Å². The molecule has 0 amide bonds. The van der Waals surface area contributed by atoms with Crippen molar-refractivity contribution in [3.8, 4) is 0 Å². The highest BCUT2D eigenvalue weighted by Gasteiger charge is 2.38. The molecule has 0 atom stereocenters. The van der Waals surface area contributed by atoms with E-state index in [0.717, 1.165) is 12.1 Å². The van der Waals surface area contributed by atoms with Crippen molar-refractivity contribution in [1.29, 1.82) is 0 Å². The molecule has 0 unspecified atom stereocenters. The largest absolute Gasteiger partial charge is 0.385 e. The van der Waals surface area contributed by atoms with Crippen LogP contribution in [0.4, 0.5) is 13.2 Å². The van der Waals surface area contributed by atoms with Crippen molar-refractivity contribution in [2.75, 3.05) is 0 Å². The monoisotopic (exact) mass is 334 g/mol. The van der Waals surface area contributed by atoms with Gasteiger partial charge < -0.3 is 0 Å². The van der Waals surface area contributed by atoms with Gasteiger partial charge in [0, 0.05) is 3.57 Å². The molecule has 0 aromatic heterocycles. The maximum absolute atomic E-state index is 12.9. The molecular weight excluding hydrogens is 331 g/mol. The maximum Gasteiger partial charge on any atom is 0.385 e. The molecule has 0 saturated carbocycles. The van der Waals surface area contributed by atoms with Gasteiger partial charge in [-0.05, 0) is 52.4 Å². The van der Waals surface area contributed by atoms with E-state index in [0.29, 0.717) is 3.57 Å². The third-order valence-corrected chi connectivity index (χ3v) is 2.27. The molecule has 0 spiro atoms. The minimum Gasteiger partial charge on any atom is -0.286 e. The summed E-state index contributed by atoms with van der Waals surface area (Å²) in [7, 11) is 0. The number of rotatable bonds is 2. The lowest BCUT2D eigenvalue weighted by atomic mass is 10.1. The number of hydrogen-bond acceptors (Lipinski definition) is 1. The summed E-state index contributed by atoms with van der Waals surface area (Å²) < 4.78 is 38.1. The SMILES string of the molecule is O=C(c1cc(I)ccc1F)C(F)(F)Cl. The average molecular weight is 334 g/mol. The van der Waals surface area contributed by atoms with Gasteiger partial charge in [0.2, 0.25) is 0 Å². The molecule has 1 aromatic carbocycles. The van der Waals surface area contributed by atoms with E-state index >= 15 is 0 Å². The number of carbonyl (C=O) groups is 1. The van der Waals surface area contributed by atoms with E-state index in [2.05, 4.69) is 11.6 Å². The van der Waals surface area contributed by atoms with Gasteiger partial charge in [-0.25, -0.2) is 4.39 Å². The second-order valence-electron chi connectivity index (χ2n) is 2.45. The predicted molar refractivity (Wildman–Crippen MR) is 54.2 cm³/mol. The Morgan fingerprint density at radius 1 is 1.43 bits per heavy atom. The summed E-state index contributed by atoms with van der Waals surface area (Å²) in [6.07, 6.45) is 0. The van der Waals surface area contributed by atoms with E-state index in [4.69, 9.17) is 0 Å². The van der Waals surface area contributed by atoms with E-state index in [9.17, 15) is 18.0 Å². The summed E-state index contributed by atoms with van der Waals surface area (Å²) in [5.74, 6) is -2.73. The number of alkyl halides is 3. The lowest BCUT2D eigenvalue weighted by Gasteiger charge is -2.07. The van der Waals surface area contributed by atoms with Crippen molar-refractivity contribution in [2.24, 2.45) is 0 Å². The molecule has 0 aliphatic carbocycles. The minimum absolute atomic E-state index is 0.480. The molecule has 0 bridgehead atoms. The fourth-order valence-electron chi connectivity index (χ4n) is 0.824. The first-order valence-corrected chi connectivity index (χ1v) is 4.84. The number of hydrogen-bond donors (Lipinski definition) is 0. The van der Waals surface area contributed by atoms with Crippen molar-refractivity contribution in [2.45, 2.75) is 5.38 Å². The lowest BCUT2D eigenvalue weighted by molar-refractivity contribution is 0.0531. The lowest BCUT2D eigenvalue weighted by Crippen LogP contribution is -2.22. The van der Waals surface area contributed by atoms with Crippen molar-refractivity contribution >= 4 is 40.0 Å². The van der Waals surface area contributed by atoms with Gasteiger partial charge in [-0.2, -0.15) is 8.78 Å². The zero-order valence-electron chi connectivity index (χ0n) is 6.53. The summed E-state index contributed by atoms with van der Waals surface area (Å²) >= 11 is 6.27. The first-order chi connectivity index (χ1) is 6.32. The molecule has 0 aliphatic heterocycles. The second kappa shape index (κ2) is 4.06. The fraction of sp³-hybridized carbons (Fsp3) is 0.125. The third kappa shape index (κ3) is 2.60. The molecular formula is C8H3ClF3IO. The zero-order chi connectivity index (χ0) is 10.9. The van der Waals surface area contributed by atoms with Crippen LogP contribution in [0.15, 0.2) is 18.2 Å². The van der Waals surface area contributed by atoms with Gasteiger partial charge in [0.05, 0.1) is 5.56 Å². The number of ketones is 1. The van der Waals surface area contributed by atoms with Gasteiger partial charge in [0.1, 0.15) is 5.82 Å². The second-order valence-corrected chi connectivity index (χ2v) is 4.17. The highest BCUT2D eigenvalue weighted by molar-refractivity contribution is 14.1. The Bertz CT molecular complexity index is 375. The highest BCUT2D eigenvalue weighted by atomic mass is 127.